The summed E-state index contributed by atoms with van der Waals surface area (Å²) in [7, 11) is 1.51. The summed E-state index contributed by atoms with van der Waals surface area (Å²) in [5.74, 6) is 0.169. The van der Waals surface area contributed by atoms with Crippen molar-refractivity contribution >= 4 is 29.4 Å². The number of carbonyl (C=O) groups excluding carboxylic acids is 3. The first-order chi connectivity index (χ1) is 15.9. The normalized spacial score (nSPS) is 13.3. The van der Waals surface area contributed by atoms with Gasteiger partial charge in [0, 0.05) is 45.7 Å². The summed E-state index contributed by atoms with van der Waals surface area (Å²) in [4.78, 5) is 44.2. The van der Waals surface area contributed by atoms with Crippen molar-refractivity contribution < 1.29 is 23.5 Å². The quantitative estimate of drug-likeness (QED) is 0.577. The van der Waals surface area contributed by atoms with Gasteiger partial charge in [-0.15, -0.1) is 0 Å². The summed E-state index contributed by atoms with van der Waals surface area (Å²) in [5.41, 5.74) is 1.21. The number of hydrogen-bond donors (Lipinski definition) is 3. The number of nitrogens with one attached hydrogen (secondary N) is 3. The Bertz CT molecular complexity index is 993. The van der Waals surface area contributed by atoms with Gasteiger partial charge in [0.15, 0.2) is 5.82 Å². The van der Waals surface area contributed by atoms with Crippen LogP contribution in [0.25, 0.3) is 0 Å². The fraction of sp³-hybridized carbons (Fsp3) is 0.364. The molecule has 0 spiro atoms. The molecule has 1 saturated heterocycles. The molecule has 0 saturated carbocycles. The molecular formula is C22H27FN6O4. The molecule has 11 heteroatoms. The summed E-state index contributed by atoms with van der Waals surface area (Å²) >= 11 is 0. The van der Waals surface area contributed by atoms with Crippen molar-refractivity contribution in [1.82, 2.24) is 20.5 Å². The lowest BCUT2D eigenvalue weighted by Gasteiger charge is -2.35. The topological polar surface area (TPSA) is 116 Å². The number of methoxy groups -OCH3 is 1. The lowest BCUT2D eigenvalue weighted by molar-refractivity contribution is -0.129. The molecule has 1 aromatic heterocycles. The molecule has 0 bridgehead atoms. The zero-order valence-electron chi connectivity index (χ0n) is 18.6. The van der Waals surface area contributed by atoms with E-state index in [1.54, 1.807) is 29.2 Å². The first kappa shape index (κ1) is 23.8. The van der Waals surface area contributed by atoms with Crippen molar-refractivity contribution in [3.05, 3.63) is 47.8 Å². The highest BCUT2D eigenvalue weighted by Gasteiger charge is 2.23. The second-order valence-corrected chi connectivity index (χ2v) is 7.43. The van der Waals surface area contributed by atoms with Crippen LogP contribution in [0.1, 0.15) is 12.5 Å². The smallest absolute Gasteiger partial charge is 0.315 e. The molecule has 1 fully saturated rings. The Hall–Kier alpha value is -3.89. The number of benzene rings is 1. The summed E-state index contributed by atoms with van der Waals surface area (Å²) in [6, 6.07) is 8.54. The number of carbonyl (C=O) groups is 3. The third-order valence-corrected chi connectivity index (χ3v) is 5.13. The number of anilines is 2. The van der Waals surface area contributed by atoms with E-state index in [-0.39, 0.29) is 24.8 Å². The highest BCUT2D eigenvalue weighted by atomic mass is 19.1. The van der Waals surface area contributed by atoms with Crippen molar-refractivity contribution in [1.29, 1.82) is 0 Å². The Kier molecular flexibility index (Phi) is 8.01. The van der Waals surface area contributed by atoms with Gasteiger partial charge in [0.1, 0.15) is 5.82 Å². The minimum atomic E-state index is -0.525. The predicted molar refractivity (Wildman–Crippen MR) is 121 cm³/mol. The molecule has 1 aromatic carbocycles. The van der Waals surface area contributed by atoms with Crippen LogP contribution in [-0.4, -0.2) is 67.6 Å². The van der Waals surface area contributed by atoms with Crippen LogP contribution in [0.5, 0.6) is 5.88 Å². The van der Waals surface area contributed by atoms with Crippen LogP contribution in [0.2, 0.25) is 0 Å². The van der Waals surface area contributed by atoms with E-state index >= 15 is 0 Å². The maximum absolute atomic E-state index is 12.9. The lowest BCUT2D eigenvalue weighted by atomic mass is 10.2. The van der Waals surface area contributed by atoms with E-state index in [0.717, 1.165) is 5.56 Å². The molecule has 4 amide bonds. The molecule has 3 N–H and O–H groups in total. The Balaban J connectivity index is 1.54. The SMILES string of the molecule is COc1ccc(NC(=O)CNC(=O)NCc2ccc(F)cc2)c(N2CCN(C(C)=O)CC2)n1. The van der Waals surface area contributed by atoms with Gasteiger partial charge in [0.2, 0.25) is 17.7 Å². The molecule has 10 nitrogen and oxygen atoms in total. The average Bonchev–Trinajstić information content (AvgIpc) is 2.82. The summed E-state index contributed by atoms with van der Waals surface area (Å²) in [5, 5.41) is 7.86. The molecular weight excluding hydrogens is 431 g/mol. The van der Waals surface area contributed by atoms with E-state index in [0.29, 0.717) is 43.6 Å². The van der Waals surface area contributed by atoms with Gasteiger partial charge in [-0.1, -0.05) is 12.1 Å². The standard InChI is InChI=1S/C22H27FN6O4/c1-15(30)28-9-11-29(12-10-28)21-18(7-8-20(27-21)33-2)26-19(31)14-25-22(32)24-13-16-3-5-17(23)6-4-16/h3-8H,9-14H2,1-2H3,(H,26,31)(H2,24,25,32). The average molecular weight is 458 g/mol. The first-order valence-corrected chi connectivity index (χ1v) is 10.5. The number of hydrogen-bond acceptors (Lipinski definition) is 6. The van der Waals surface area contributed by atoms with Gasteiger partial charge in [-0.05, 0) is 23.8 Å². The fourth-order valence-corrected chi connectivity index (χ4v) is 3.32. The molecule has 2 heterocycles. The highest BCUT2D eigenvalue weighted by molar-refractivity contribution is 5.96. The Morgan fingerprint density at radius 2 is 1.73 bits per heavy atom. The third-order valence-electron chi connectivity index (χ3n) is 5.13. The van der Waals surface area contributed by atoms with E-state index in [2.05, 4.69) is 20.9 Å². The second-order valence-electron chi connectivity index (χ2n) is 7.43. The summed E-state index contributed by atoms with van der Waals surface area (Å²) < 4.78 is 18.2. The molecule has 3 rings (SSSR count). The van der Waals surface area contributed by atoms with E-state index in [4.69, 9.17) is 4.74 Å². The van der Waals surface area contributed by atoms with Crippen molar-refractivity contribution in [3.8, 4) is 5.88 Å². The van der Waals surface area contributed by atoms with Gasteiger partial charge >= 0.3 is 6.03 Å². The van der Waals surface area contributed by atoms with Gasteiger partial charge in [0.25, 0.3) is 0 Å². The largest absolute Gasteiger partial charge is 0.481 e. The van der Waals surface area contributed by atoms with Gasteiger partial charge in [0.05, 0.1) is 19.3 Å². The molecule has 0 unspecified atom stereocenters. The van der Waals surface area contributed by atoms with Crippen LogP contribution in [-0.2, 0) is 16.1 Å². The predicted octanol–water partition coefficient (Wildman–Crippen LogP) is 1.34. The number of ether oxygens (including phenoxy) is 1. The molecule has 0 radical (unpaired) electrons. The fourth-order valence-electron chi connectivity index (χ4n) is 3.32. The number of urea groups is 1. The van der Waals surface area contributed by atoms with Crippen molar-refractivity contribution in [2.45, 2.75) is 13.5 Å². The van der Waals surface area contributed by atoms with Crippen LogP contribution < -0.4 is 25.6 Å². The van der Waals surface area contributed by atoms with Gasteiger partial charge in [-0.25, -0.2) is 9.18 Å². The number of nitrogens with zero attached hydrogens (tertiary/aromatic N) is 3. The number of pyridine rings is 1. The lowest BCUT2D eigenvalue weighted by Crippen LogP contribution is -2.48. The van der Waals surface area contributed by atoms with E-state index < -0.39 is 11.9 Å². The molecule has 176 valence electrons. The minimum absolute atomic E-state index is 0.0190. The number of halogens is 1. The molecule has 1 aliphatic heterocycles. The van der Waals surface area contributed by atoms with Crippen LogP contribution >= 0.6 is 0 Å². The zero-order chi connectivity index (χ0) is 23.8. The van der Waals surface area contributed by atoms with Crippen LogP contribution in [0.4, 0.5) is 20.7 Å². The molecule has 33 heavy (non-hydrogen) atoms. The van der Waals surface area contributed by atoms with E-state index in [1.807, 2.05) is 4.90 Å². The summed E-state index contributed by atoms with van der Waals surface area (Å²) in [6.07, 6.45) is 0. The molecule has 2 aromatic rings. The molecule has 0 aliphatic carbocycles. The van der Waals surface area contributed by atoms with E-state index in [1.165, 1.54) is 26.2 Å². The van der Waals surface area contributed by atoms with Crippen molar-refractivity contribution in [2.24, 2.45) is 0 Å². The number of aromatic nitrogens is 1. The Labute approximate surface area is 191 Å². The Morgan fingerprint density at radius 1 is 1.03 bits per heavy atom. The summed E-state index contributed by atoms with van der Waals surface area (Å²) in [6.45, 7) is 3.72. The Morgan fingerprint density at radius 3 is 2.36 bits per heavy atom. The first-order valence-electron chi connectivity index (χ1n) is 10.5. The monoisotopic (exact) mass is 458 g/mol. The van der Waals surface area contributed by atoms with Gasteiger partial charge in [-0.2, -0.15) is 4.98 Å². The maximum atomic E-state index is 12.9. The molecule has 1 aliphatic rings. The van der Waals surface area contributed by atoms with Crippen LogP contribution in [0, 0.1) is 5.82 Å². The van der Waals surface area contributed by atoms with Crippen molar-refractivity contribution in [2.75, 3.05) is 50.1 Å². The van der Waals surface area contributed by atoms with Crippen molar-refractivity contribution in [3.63, 3.8) is 0 Å². The van der Waals surface area contributed by atoms with Crippen LogP contribution in [0.3, 0.4) is 0 Å². The van der Waals surface area contributed by atoms with Gasteiger partial charge in [-0.3, -0.25) is 9.59 Å². The highest BCUT2D eigenvalue weighted by Crippen LogP contribution is 2.27. The minimum Gasteiger partial charge on any atom is -0.481 e. The van der Waals surface area contributed by atoms with Crippen LogP contribution in [0.15, 0.2) is 36.4 Å². The third kappa shape index (κ3) is 6.79. The van der Waals surface area contributed by atoms with E-state index in [9.17, 15) is 18.8 Å². The number of rotatable bonds is 7. The van der Waals surface area contributed by atoms with Gasteiger partial charge < -0.3 is 30.5 Å². The zero-order valence-corrected chi connectivity index (χ0v) is 18.6. The molecule has 0 atom stereocenters. The number of piperazine rings is 1. The maximum Gasteiger partial charge on any atom is 0.315 e. The second kappa shape index (κ2) is 11.1. The number of amides is 4.